The van der Waals surface area contributed by atoms with Gasteiger partial charge in [-0.1, -0.05) is 17.5 Å². The third-order valence-corrected chi connectivity index (χ3v) is 3.93. The highest BCUT2D eigenvalue weighted by Crippen LogP contribution is 2.38. The molecule has 3 nitrogen and oxygen atoms in total. The van der Waals surface area contributed by atoms with Crippen molar-refractivity contribution in [2.24, 2.45) is 0 Å². The third kappa shape index (κ3) is 3.13. The minimum Gasteiger partial charge on any atom is -0.490 e. The lowest BCUT2D eigenvalue weighted by Gasteiger charge is -2.30. The van der Waals surface area contributed by atoms with Gasteiger partial charge in [0.25, 0.3) is 0 Å². The van der Waals surface area contributed by atoms with Crippen LogP contribution in [0.3, 0.4) is 0 Å². The SMILES string of the molecule is C#CCN1CCOc2ccc(-c3ncc(C(F)(F)F)cc3Cl)cc21. The van der Waals surface area contributed by atoms with Crippen LogP contribution in [-0.4, -0.2) is 24.7 Å². The van der Waals surface area contributed by atoms with Crippen molar-refractivity contribution in [3.05, 3.63) is 41.0 Å². The van der Waals surface area contributed by atoms with E-state index in [0.29, 0.717) is 31.0 Å². The van der Waals surface area contributed by atoms with Gasteiger partial charge in [-0.05, 0) is 24.3 Å². The molecule has 1 aliphatic rings. The molecule has 2 heterocycles. The molecular weight excluding hydrogens is 341 g/mol. The first-order chi connectivity index (χ1) is 11.4. The van der Waals surface area contributed by atoms with Crippen LogP contribution in [-0.2, 0) is 6.18 Å². The van der Waals surface area contributed by atoms with Crippen molar-refractivity contribution in [2.45, 2.75) is 6.18 Å². The molecule has 0 radical (unpaired) electrons. The number of anilines is 1. The Morgan fingerprint density at radius 2 is 2.12 bits per heavy atom. The second-order valence-electron chi connectivity index (χ2n) is 5.21. The van der Waals surface area contributed by atoms with Crippen molar-refractivity contribution in [3.8, 4) is 29.4 Å². The van der Waals surface area contributed by atoms with Crippen LogP contribution >= 0.6 is 11.6 Å². The summed E-state index contributed by atoms with van der Waals surface area (Å²) in [4.78, 5) is 5.84. The molecule has 2 aromatic rings. The molecule has 0 spiro atoms. The van der Waals surface area contributed by atoms with E-state index in [9.17, 15) is 13.2 Å². The molecule has 0 amide bonds. The Bertz CT molecular complexity index is 814. The van der Waals surface area contributed by atoms with E-state index >= 15 is 0 Å². The summed E-state index contributed by atoms with van der Waals surface area (Å²) >= 11 is 6.01. The van der Waals surface area contributed by atoms with Crippen molar-refractivity contribution >= 4 is 17.3 Å². The van der Waals surface area contributed by atoms with E-state index in [1.165, 1.54) is 0 Å². The predicted octanol–water partition coefficient (Wildman–Crippen LogP) is 4.25. The number of fused-ring (bicyclic) bond motifs is 1. The summed E-state index contributed by atoms with van der Waals surface area (Å²) in [6.07, 6.45) is 1.67. The van der Waals surface area contributed by atoms with E-state index in [-0.39, 0.29) is 10.7 Å². The first-order valence-electron chi connectivity index (χ1n) is 7.08. The number of terminal acetylenes is 1. The minimum absolute atomic E-state index is 0.0648. The van der Waals surface area contributed by atoms with Gasteiger partial charge in [-0.3, -0.25) is 4.98 Å². The van der Waals surface area contributed by atoms with Crippen LogP contribution in [0, 0.1) is 12.3 Å². The maximum atomic E-state index is 12.7. The van der Waals surface area contributed by atoms with Gasteiger partial charge in [0.1, 0.15) is 12.4 Å². The van der Waals surface area contributed by atoms with Crippen molar-refractivity contribution < 1.29 is 17.9 Å². The second-order valence-corrected chi connectivity index (χ2v) is 5.62. The molecule has 0 saturated heterocycles. The van der Waals surface area contributed by atoms with Crippen LogP contribution in [0.4, 0.5) is 18.9 Å². The molecule has 1 aromatic heterocycles. The Hall–Kier alpha value is -2.39. The number of aromatic nitrogens is 1. The molecule has 1 aromatic carbocycles. The molecule has 0 fully saturated rings. The number of hydrogen-bond acceptors (Lipinski definition) is 3. The van der Waals surface area contributed by atoms with Crippen LogP contribution in [0.15, 0.2) is 30.5 Å². The smallest absolute Gasteiger partial charge is 0.417 e. The zero-order chi connectivity index (χ0) is 17.3. The van der Waals surface area contributed by atoms with Gasteiger partial charge < -0.3 is 9.64 Å². The normalized spacial score (nSPS) is 13.9. The van der Waals surface area contributed by atoms with Crippen molar-refractivity contribution in [1.82, 2.24) is 4.98 Å². The Morgan fingerprint density at radius 3 is 2.79 bits per heavy atom. The second kappa shape index (κ2) is 6.25. The van der Waals surface area contributed by atoms with E-state index < -0.39 is 11.7 Å². The molecule has 3 rings (SSSR count). The van der Waals surface area contributed by atoms with Gasteiger partial charge in [0.05, 0.1) is 35.1 Å². The van der Waals surface area contributed by atoms with Gasteiger partial charge in [-0.15, -0.1) is 6.42 Å². The lowest BCUT2D eigenvalue weighted by Crippen LogP contribution is -2.32. The average Bonchev–Trinajstić information content (AvgIpc) is 2.54. The molecule has 1 aliphatic heterocycles. The fourth-order valence-electron chi connectivity index (χ4n) is 2.50. The van der Waals surface area contributed by atoms with Crippen molar-refractivity contribution in [3.63, 3.8) is 0 Å². The van der Waals surface area contributed by atoms with Gasteiger partial charge in [0.2, 0.25) is 0 Å². The summed E-state index contributed by atoms with van der Waals surface area (Å²) in [5.41, 5.74) is 0.764. The summed E-state index contributed by atoms with van der Waals surface area (Å²) in [7, 11) is 0. The lowest BCUT2D eigenvalue weighted by atomic mass is 10.1. The first kappa shape index (κ1) is 16.5. The maximum Gasteiger partial charge on any atom is 0.417 e. The van der Waals surface area contributed by atoms with Gasteiger partial charge in [-0.2, -0.15) is 13.2 Å². The Morgan fingerprint density at radius 1 is 1.33 bits per heavy atom. The maximum absolute atomic E-state index is 12.7. The molecule has 7 heteroatoms. The summed E-state index contributed by atoms with van der Waals surface area (Å²) in [6.45, 7) is 1.57. The van der Waals surface area contributed by atoms with Crippen LogP contribution in [0.2, 0.25) is 5.02 Å². The first-order valence-corrected chi connectivity index (χ1v) is 7.46. The van der Waals surface area contributed by atoms with Crippen LogP contribution < -0.4 is 9.64 Å². The zero-order valence-corrected chi connectivity index (χ0v) is 13.2. The average molecular weight is 353 g/mol. The van der Waals surface area contributed by atoms with Crippen LogP contribution in [0.25, 0.3) is 11.3 Å². The highest BCUT2D eigenvalue weighted by Gasteiger charge is 2.31. The van der Waals surface area contributed by atoms with Gasteiger partial charge >= 0.3 is 6.18 Å². The molecule has 0 bridgehead atoms. The number of rotatable bonds is 2. The highest BCUT2D eigenvalue weighted by molar-refractivity contribution is 6.33. The zero-order valence-electron chi connectivity index (χ0n) is 12.4. The highest BCUT2D eigenvalue weighted by atomic mass is 35.5. The van der Waals surface area contributed by atoms with E-state index in [0.717, 1.165) is 18.0 Å². The van der Waals surface area contributed by atoms with E-state index in [1.807, 2.05) is 4.90 Å². The number of hydrogen-bond donors (Lipinski definition) is 0. The van der Waals surface area contributed by atoms with Gasteiger partial charge in [0.15, 0.2) is 0 Å². The molecule has 124 valence electrons. The Balaban J connectivity index is 2.02. The molecule has 24 heavy (non-hydrogen) atoms. The molecule has 0 saturated carbocycles. The number of alkyl halides is 3. The van der Waals surface area contributed by atoms with Gasteiger partial charge in [0, 0.05) is 11.8 Å². The lowest BCUT2D eigenvalue weighted by molar-refractivity contribution is -0.137. The largest absolute Gasteiger partial charge is 0.490 e. The molecular formula is C17H12ClF3N2O. The standard InChI is InChI=1S/C17H12ClF3N2O/c1-2-5-23-6-7-24-15-4-3-11(8-14(15)23)16-13(18)9-12(10-22-16)17(19,20)21/h1,3-4,8-10H,5-7H2. The van der Waals surface area contributed by atoms with Gasteiger partial charge in [-0.25, -0.2) is 0 Å². The van der Waals surface area contributed by atoms with Crippen LogP contribution in [0.5, 0.6) is 5.75 Å². The fraction of sp³-hybridized carbons (Fsp3) is 0.235. The topological polar surface area (TPSA) is 25.4 Å². The van der Waals surface area contributed by atoms with Crippen molar-refractivity contribution in [2.75, 3.05) is 24.6 Å². The van der Waals surface area contributed by atoms with E-state index in [2.05, 4.69) is 10.9 Å². The molecule has 0 unspecified atom stereocenters. The molecule has 0 aliphatic carbocycles. The van der Waals surface area contributed by atoms with E-state index in [1.54, 1.807) is 18.2 Å². The summed E-state index contributed by atoms with van der Waals surface area (Å²) in [5.74, 6) is 3.25. The number of ether oxygens (including phenoxy) is 1. The Kier molecular flexibility index (Phi) is 4.29. The molecule has 0 atom stereocenters. The minimum atomic E-state index is -4.48. The van der Waals surface area contributed by atoms with Crippen LogP contribution in [0.1, 0.15) is 5.56 Å². The Labute approximate surface area is 142 Å². The number of pyridine rings is 1. The number of halogens is 4. The number of nitrogens with zero attached hydrogens (tertiary/aromatic N) is 2. The molecule has 0 N–H and O–H groups in total. The fourth-order valence-corrected chi connectivity index (χ4v) is 2.78. The number of benzene rings is 1. The summed E-state index contributed by atoms with van der Waals surface area (Å²) in [6, 6.07) is 6.09. The monoisotopic (exact) mass is 352 g/mol. The predicted molar refractivity (Wildman–Crippen MR) is 86.2 cm³/mol. The third-order valence-electron chi connectivity index (χ3n) is 3.64. The summed E-state index contributed by atoms with van der Waals surface area (Å²) < 4.78 is 43.7. The van der Waals surface area contributed by atoms with Crippen molar-refractivity contribution in [1.29, 1.82) is 0 Å². The summed E-state index contributed by atoms with van der Waals surface area (Å²) in [5, 5.41) is -0.0648. The quantitative estimate of drug-likeness (QED) is 0.755. The van der Waals surface area contributed by atoms with E-state index in [4.69, 9.17) is 22.8 Å².